The van der Waals surface area contributed by atoms with Gasteiger partial charge in [-0.05, 0) is 64.2 Å². The first-order valence-electron chi connectivity index (χ1n) is 11.0. The van der Waals surface area contributed by atoms with Gasteiger partial charge in [-0.2, -0.15) is 0 Å². The van der Waals surface area contributed by atoms with Crippen molar-refractivity contribution in [3.8, 4) is 5.75 Å². The lowest BCUT2D eigenvalue weighted by Crippen LogP contribution is -2.36. The zero-order valence-electron chi connectivity index (χ0n) is 20.6. The number of ether oxygens (including phenoxy) is 1. The Morgan fingerprint density at radius 3 is 2.45 bits per heavy atom. The van der Waals surface area contributed by atoms with E-state index in [1.807, 2.05) is 57.1 Å². The van der Waals surface area contributed by atoms with Crippen molar-refractivity contribution in [1.29, 1.82) is 0 Å². The molecule has 0 fully saturated rings. The van der Waals surface area contributed by atoms with Crippen LogP contribution in [-0.4, -0.2) is 57.1 Å². The largest absolute Gasteiger partial charge is 0.491 e. The molecule has 0 aliphatic heterocycles. The summed E-state index contributed by atoms with van der Waals surface area (Å²) < 4.78 is 5.96. The summed E-state index contributed by atoms with van der Waals surface area (Å²) in [4.78, 5) is 18.7. The fourth-order valence-corrected chi connectivity index (χ4v) is 3.07. The Labute approximate surface area is 215 Å². The molecule has 0 atom stereocenters. The Morgan fingerprint density at radius 1 is 1.06 bits per heavy atom. The summed E-state index contributed by atoms with van der Waals surface area (Å²) in [7, 11) is 5.71. The number of carbonyl (C=O) groups excluding carboxylic acids is 1. The van der Waals surface area contributed by atoms with Gasteiger partial charge in [0, 0.05) is 44.4 Å². The topological polar surface area (TPSA) is 78.0 Å². The number of halogens is 1. The van der Waals surface area contributed by atoms with Gasteiger partial charge in [0.05, 0.1) is 6.10 Å². The minimum Gasteiger partial charge on any atom is -0.491 e. The number of benzene rings is 2. The van der Waals surface area contributed by atoms with E-state index in [-0.39, 0.29) is 36.0 Å². The molecule has 0 spiro atoms. The van der Waals surface area contributed by atoms with Crippen molar-refractivity contribution in [1.82, 2.24) is 20.9 Å². The maximum absolute atomic E-state index is 12.4. The maximum Gasteiger partial charge on any atom is 0.251 e. The lowest BCUT2D eigenvalue weighted by Gasteiger charge is -2.17. The van der Waals surface area contributed by atoms with Gasteiger partial charge in [0.2, 0.25) is 0 Å². The molecule has 0 heterocycles. The highest BCUT2D eigenvalue weighted by atomic mass is 127. The molecule has 1 amide bonds. The van der Waals surface area contributed by atoms with Gasteiger partial charge in [0.1, 0.15) is 5.75 Å². The van der Waals surface area contributed by atoms with Crippen molar-refractivity contribution in [2.75, 3.05) is 34.2 Å². The van der Waals surface area contributed by atoms with Crippen LogP contribution in [-0.2, 0) is 13.1 Å². The van der Waals surface area contributed by atoms with Gasteiger partial charge < -0.3 is 25.6 Å². The minimum absolute atomic E-state index is 0. The molecule has 3 N–H and O–H groups in total. The Bertz CT molecular complexity index is 915. The van der Waals surface area contributed by atoms with Gasteiger partial charge in [0.25, 0.3) is 5.91 Å². The average molecular weight is 568 g/mol. The number of nitrogens with one attached hydrogen (secondary N) is 3. The second-order valence-corrected chi connectivity index (χ2v) is 8.32. The van der Waals surface area contributed by atoms with E-state index < -0.39 is 0 Å². The molecule has 2 aromatic carbocycles. The fraction of sp³-hybridized carbons (Fsp3) is 0.440. The molecule has 0 aliphatic carbocycles. The molecule has 0 aliphatic rings. The number of likely N-dealkylation sites (N-methyl/N-ethyl adjacent to an activating group) is 1. The van der Waals surface area contributed by atoms with Crippen molar-refractivity contribution in [2.24, 2.45) is 4.99 Å². The standard InChI is InChI=1S/C25H37N5O2.HI/c1-18(2)32-23-14-19(3)10-11-22(23)17-29-25(26-4)28-16-20-8-7-9-21(15-20)24(31)27-12-13-30(5)6;/h7-11,14-15,18H,12-13,16-17H2,1-6H3,(H,27,31)(H2,26,28,29);1H. The number of aliphatic imine (C=N–C) groups is 1. The van der Waals surface area contributed by atoms with Crippen LogP contribution in [0.3, 0.4) is 0 Å². The van der Waals surface area contributed by atoms with Crippen LogP contribution in [0, 0.1) is 6.92 Å². The summed E-state index contributed by atoms with van der Waals surface area (Å²) in [6, 6.07) is 13.8. The van der Waals surface area contributed by atoms with E-state index in [9.17, 15) is 4.79 Å². The summed E-state index contributed by atoms with van der Waals surface area (Å²) in [5.74, 6) is 1.51. The Kier molecular flexibility index (Phi) is 12.8. The summed E-state index contributed by atoms with van der Waals surface area (Å²) >= 11 is 0. The number of guanidine groups is 1. The van der Waals surface area contributed by atoms with Gasteiger partial charge in [-0.1, -0.05) is 24.3 Å². The maximum atomic E-state index is 12.4. The molecule has 8 heteroatoms. The summed E-state index contributed by atoms with van der Waals surface area (Å²) in [6.07, 6.45) is 0.111. The Morgan fingerprint density at radius 2 is 1.79 bits per heavy atom. The molecule has 0 unspecified atom stereocenters. The summed E-state index contributed by atoms with van der Waals surface area (Å²) in [6.45, 7) is 8.68. The molecule has 2 aromatic rings. The van der Waals surface area contributed by atoms with Gasteiger partial charge >= 0.3 is 0 Å². The molecule has 0 bridgehead atoms. The lowest BCUT2D eigenvalue weighted by molar-refractivity contribution is 0.0951. The predicted molar refractivity (Wildman–Crippen MR) is 147 cm³/mol. The number of rotatable bonds is 10. The normalized spacial score (nSPS) is 11.2. The van der Waals surface area contributed by atoms with Crippen LogP contribution in [0.4, 0.5) is 0 Å². The summed E-state index contributed by atoms with van der Waals surface area (Å²) in [5, 5.41) is 9.60. The number of carbonyl (C=O) groups is 1. The van der Waals surface area contributed by atoms with Crippen molar-refractivity contribution in [2.45, 2.75) is 40.0 Å². The second kappa shape index (κ2) is 14.7. The molecule has 2 rings (SSSR count). The number of nitrogens with zero attached hydrogens (tertiary/aromatic N) is 2. The van der Waals surface area contributed by atoms with Crippen molar-refractivity contribution in [3.05, 3.63) is 64.7 Å². The number of aryl methyl sites for hydroxylation is 1. The molecule has 7 nitrogen and oxygen atoms in total. The van der Waals surface area contributed by atoms with E-state index in [0.29, 0.717) is 31.2 Å². The number of hydrogen-bond donors (Lipinski definition) is 3. The first-order valence-corrected chi connectivity index (χ1v) is 11.0. The van der Waals surface area contributed by atoms with Crippen molar-refractivity contribution < 1.29 is 9.53 Å². The lowest BCUT2D eigenvalue weighted by atomic mass is 10.1. The smallest absolute Gasteiger partial charge is 0.251 e. The first-order chi connectivity index (χ1) is 15.3. The Hall–Kier alpha value is -2.33. The average Bonchev–Trinajstić information content (AvgIpc) is 2.74. The van der Waals surface area contributed by atoms with Gasteiger partial charge in [-0.3, -0.25) is 9.79 Å². The molecule has 0 saturated carbocycles. The van der Waals surface area contributed by atoms with Crippen LogP contribution in [0.2, 0.25) is 0 Å². The van der Waals surface area contributed by atoms with Crippen LogP contribution in [0.1, 0.15) is 40.9 Å². The molecule has 0 aromatic heterocycles. The molecular weight excluding hydrogens is 529 g/mol. The molecule has 182 valence electrons. The third-order valence-corrected chi connectivity index (χ3v) is 4.75. The van der Waals surface area contributed by atoms with Crippen molar-refractivity contribution in [3.63, 3.8) is 0 Å². The van der Waals surface area contributed by atoms with E-state index in [1.54, 1.807) is 7.05 Å². The van der Waals surface area contributed by atoms with Gasteiger partial charge in [0.15, 0.2) is 5.96 Å². The second-order valence-electron chi connectivity index (χ2n) is 8.32. The molecule has 33 heavy (non-hydrogen) atoms. The fourth-order valence-electron chi connectivity index (χ4n) is 3.07. The third kappa shape index (κ3) is 10.4. The molecular formula is C25H38IN5O2. The van der Waals surface area contributed by atoms with E-state index in [4.69, 9.17) is 4.74 Å². The van der Waals surface area contributed by atoms with Crippen LogP contribution in [0.25, 0.3) is 0 Å². The zero-order valence-corrected chi connectivity index (χ0v) is 22.9. The van der Waals surface area contributed by atoms with Crippen LogP contribution in [0.15, 0.2) is 47.5 Å². The molecule has 0 saturated heterocycles. The quantitative estimate of drug-likeness (QED) is 0.233. The molecule has 0 radical (unpaired) electrons. The highest BCUT2D eigenvalue weighted by Gasteiger charge is 2.09. The first kappa shape index (κ1) is 28.7. The van der Waals surface area contributed by atoms with E-state index in [2.05, 4.69) is 46.1 Å². The van der Waals surface area contributed by atoms with E-state index in [1.165, 1.54) is 0 Å². The van der Waals surface area contributed by atoms with Crippen molar-refractivity contribution >= 4 is 35.8 Å². The van der Waals surface area contributed by atoms with E-state index in [0.717, 1.165) is 29.0 Å². The highest BCUT2D eigenvalue weighted by Crippen LogP contribution is 2.21. The van der Waals surface area contributed by atoms with Crippen LogP contribution < -0.4 is 20.7 Å². The highest BCUT2D eigenvalue weighted by molar-refractivity contribution is 14.0. The van der Waals surface area contributed by atoms with Crippen LogP contribution >= 0.6 is 24.0 Å². The predicted octanol–water partition coefficient (Wildman–Crippen LogP) is 3.56. The van der Waals surface area contributed by atoms with E-state index >= 15 is 0 Å². The summed E-state index contributed by atoms with van der Waals surface area (Å²) in [5.41, 5.74) is 3.90. The van der Waals surface area contributed by atoms with Crippen LogP contribution in [0.5, 0.6) is 5.75 Å². The van der Waals surface area contributed by atoms with Gasteiger partial charge in [-0.25, -0.2) is 0 Å². The van der Waals surface area contributed by atoms with Gasteiger partial charge in [-0.15, -0.1) is 24.0 Å². The zero-order chi connectivity index (χ0) is 23.5. The Balaban J connectivity index is 0.00000544. The monoisotopic (exact) mass is 567 g/mol. The minimum atomic E-state index is -0.0618. The SMILES string of the molecule is CN=C(NCc1cccc(C(=O)NCCN(C)C)c1)NCc1ccc(C)cc1OC(C)C.I. The number of amides is 1. The number of hydrogen-bond acceptors (Lipinski definition) is 4. The third-order valence-electron chi connectivity index (χ3n) is 4.75.